The molecule has 2 N–H and O–H groups in total. The third-order valence-electron chi connectivity index (χ3n) is 4.03. The number of thiazole rings is 1. The van der Waals surface area contributed by atoms with Crippen LogP contribution in [0, 0.1) is 10.1 Å². The number of hydrogen-bond acceptors (Lipinski definition) is 5. The van der Waals surface area contributed by atoms with Crippen molar-refractivity contribution in [2.75, 3.05) is 5.32 Å². The molecule has 0 spiro atoms. The van der Waals surface area contributed by atoms with E-state index in [1.165, 1.54) is 23.5 Å². The minimum Gasteiger partial charge on any atom is -0.326 e. The average molecular weight is 380 g/mol. The van der Waals surface area contributed by atoms with E-state index in [1.807, 2.05) is 34.5 Å². The number of carbonyl (C=O) groups is 1. The number of nitrogens with one attached hydrogen (secondary N) is 2. The third kappa shape index (κ3) is 3.53. The highest BCUT2D eigenvalue weighted by Crippen LogP contribution is 2.18. The minimum absolute atomic E-state index is 0.00353. The topological polar surface area (TPSA) is 105 Å². The number of anilines is 1. The molecule has 0 fully saturated rings. The Morgan fingerprint density at radius 3 is 2.78 bits per heavy atom. The molecular weight excluding hydrogens is 366 g/mol. The van der Waals surface area contributed by atoms with Crippen molar-refractivity contribution in [3.63, 3.8) is 0 Å². The number of hydrogen-bond donors (Lipinski definition) is 2. The zero-order valence-corrected chi connectivity index (χ0v) is 14.8. The van der Waals surface area contributed by atoms with Gasteiger partial charge in [0, 0.05) is 29.3 Å². The van der Waals surface area contributed by atoms with Crippen LogP contribution in [0.3, 0.4) is 0 Å². The summed E-state index contributed by atoms with van der Waals surface area (Å²) < 4.78 is 1.92. The first-order valence-corrected chi connectivity index (χ1v) is 8.94. The molecule has 4 rings (SSSR count). The number of imidazole rings is 1. The Labute approximate surface area is 157 Å². The van der Waals surface area contributed by atoms with Crippen molar-refractivity contribution < 1.29 is 14.3 Å². The Kier molecular flexibility index (Phi) is 4.35. The quantitative estimate of drug-likeness (QED) is 0.315. The van der Waals surface area contributed by atoms with Crippen molar-refractivity contribution in [1.29, 1.82) is 0 Å². The lowest BCUT2D eigenvalue weighted by molar-refractivity contribution is -0.566. The Hall–Kier alpha value is -3.59. The third-order valence-corrected chi connectivity index (χ3v) is 4.80. The van der Waals surface area contributed by atoms with Gasteiger partial charge >= 0.3 is 5.13 Å². The lowest BCUT2D eigenvalue weighted by Gasteiger charge is -2.05. The van der Waals surface area contributed by atoms with Crippen LogP contribution in [0.1, 0.15) is 5.56 Å². The molecule has 4 aromatic rings. The first-order chi connectivity index (χ1) is 13.1. The lowest BCUT2D eigenvalue weighted by Crippen LogP contribution is -2.28. The summed E-state index contributed by atoms with van der Waals surface area (Å²) in [6, 6.07) is 11.5. The standard InChI is InChI=1S/C18H13N5O3S/c24-17(9-12-1-4-14(5-2-12)23(25)26)21-13-3-6-15-16(10-13)22(11-20-15)18-19-7-8-27-18/h1-8,10-11H,9H2,(H,21,24)/p+1. The number of benzene rings is 2. The van der Waals surface area contributed by atoms with Gasteiger partial charge in [-0.15, -0.1) is 4.98 Å². The van der Waals surface area contributed by atoms with Gasteiger partial charge < -0.3 is 5.32 Å². The average Bonchev–Trinajstić information content (AvgIpc) is 3.31. The summed E-state index contributed by atoms with van der Waals surface area (Å²) in [5.41, 5.74) is 3.21. The maximum absolute atomic E-state index is 12.3. The molecule has 0 aliphatic heterocycles. The molecule has 0 radical (unpaired) electrons. The van der Waals surface area contributed by atoms with E-state index in [0.29, 0.717) is 11.3 Å². The van der Waals surface area contributed by atoms with Crippen LogP contribution < -0.4 is 9.88 Å². The largest absolute Gasteiger partial charge is 0.326 e. The van der Waals surface area contributed by atoms with Gasteiger partial charge in [-0.2, -0.15) is 4.57 Å². The highest BCUT2D eigenvalue weighted by molar-refractivity contribution is 7.11. The number of nitro groups is 1. The van der Waals surface area contributed by atoms with Gasteiger partial charge in [-0.3, -0.25) is 19.9 Å². The molecule has 134 valence electrons. The van der Waals surface area contributed by atoms with Crippen LogP contribution >= 0.6 is 11.3 Å². The molecule has 2 aromatic carbocycles. The van der Waals surface area contributed by atoms with Gasteiger partial charge in [0.05, 0.1) is 11.3 Å². The Balaban J connectivity index is 1.51. The zero-order chi connectivity index (χ0) is 18.8. The summed E-state index contributed by atoms with van der Waals surface area (Å²) in [6.07, 6.45) is 3.70. The number of nitro benzene ring substituents is 1. The molecule has 0 saturated carbocycles. The van der Waals surface area contributed by atoms with Crippen molar-refractivity contribution >= 4 is 39.7 Å². The SMILES string of the molecule is O=C(Cc1ccc([N+](=O)[O-])cc1)Nc1ccc2[nH]c[n+](-c3nccs3)c2c1. The maximum atomic E-state index is 12.3. The predicted octanol–water partition coefficient (Wildman–Crippen LogP) is 2.99. The van der Waals surface area contributed by atoms with E-state index >= 15 is 0 Å². The van der Waals surface area contributed by atoms with Gasteiger partial charge in [0.15, 0.2) is 6.33 Å². The molecule has 1 amide bonds. The van der Waals surface area contributed by atoms with Crippen LogP contribution in [0.4, 0.5) is 11.4 Å². The van der Waals surface area contributed by atoms with Crippen LogP contribution in [0.15, 0.2) is 60.4 Å². The van der Waals surface area contributed by atoms with Crippen molar-refractivity contribution in [2.24, 2.45) is 0 Å². The smallest absolute Gasteiger partial charge is 0.325 e. The van der Waals surface area contributed by atoms with Crippen LogP contribution in [-0.4, -0.2) is 20.8 Å². The Morgan fingerprint density at radius 1 is 1.26 bits per heavy atom. The number of non-ortho nitro benzene ring substituents is 1. The fraction of sp³-hybridized carbons (Fsp3) is 0.0556. The summed E-state index contributed by atoms with van der Waals surface area (Å²) in [7, 11) is 0. The van der Waals surface area contributed by atoms with Gasteiger partial charge in [0.25, 0.3) is 5.69 Å². The van der Waals surface area contributed by atoms with Crippen LogP contribution in [-0.2, 0) is 11.2 Å². The first kappa shape index (κ1) is 16.9. The number of nitrogens with zero attached hydrogens (tertiary/aromatic N) is 3. The first-order valence-electron chi connectivity index (χ1n) is 8.06. The summed E-state index contributed by atoms with van der Waals surface area (Å²) in [5.74, 6) is -0.195. The molecule has 0 unspecified atom stereocenters. The van der Waals surface area contributed by atoms with E-state index in [9.17, 15) is 14.9 Å². The van der Waals surface area contributed by atoms with Crippen molar-refractivity contribution in [3.8, 4) is 5.13 Å². The van der Waals surface area contributed by atoms with E-state index < -0.39 is 4.92 Å². The molecule has 9 heteroatoms. The van der Waals surface area contributed by atoms with Gasteiger partial charge in [-0.1, -0.05) is 23.5 Å². The molecule has 0 atom stereocenters. The Bertz CT molecular complexity index is 1120. The van der Waals surface area contributed by atoms with Gasteiger partial charge in [0.2, 0.25) is 5.91 Å². The number of carbonyl (C=O) groups excluding carboxylic acids is 1. The van der Waals surface area contributed by atoms with Gasteiger partial charge in [-0.05, 0) is 17.7 Å². The molecular formula is C18H14N5O3S+. The molecule has 0 bridgehead atoms. The number of aromatic amines is 1. The van der Waals surface area contributed by atoms with Crippen LogP contribution in [0.2, 0.25) is 0 Å². The molecule has 0 aliphatic carbocycles. The molecule has 2 aromatic heterocycles. The second-order valence-electron chi connectivity index (χ2n) is 5.84. The molecule has 8 nitrogen and oxygen atoms in total. The Morgan fingerprint density at radius 2 is 2.07 bits per heavy atom. The van der Waals surface area contributed by atoms with E-state index in [2.05, 4.69) is 15.3 Å². The second-order valence-corrected chi connectivity index (χ2v) is 6.71. The monoisotopic (exact) mass is 380 g/mol. The number of H-pyrrole nitrogens is 1. The molecule has 0 aliphatic rings. The summed E-state index contributed by atoms with van der Waals surface area (Å²) in [6.45, 7) is 0. The zero-order valence-electron chi connectivity index (χ0n) is 14.0. The van der Waals surface area contributed by atoms with Gasteiger partial charge in [-0.25, -0.2) is 0 Å². The normalized spacial score (nSPS) is 10.8. The predicted molar refractivity (Wildman–Crippen MR) is 101 cm³/mol. The number of rotatable bonds is 5. The number of aromatic nitrogens is 3. The van der Waals surface area contributed by atoms with Crippen molar-refractivity contribution in [3.05, 3.63) is 76.0 Å². The van der Waals surface area contributed by atoms with Gasteiger partial charge in [0.1, 0.15) is 17.2 Å². The van der Waals surface area contributed by atoms with E-state index in [0.717, 1.165) is 16.2 Å². The van der Waals surface area contributed by atoms with Crippen molar-refractivity contribution in [1.82, 2.24) is 9.97 Å². The minimum atomic E-state index is -0.465. The molecule has 2 heterocycles. The van der Waals surface area contributed by atoms with Crippen molar-refractivity contribution in [2.45, 2.75) is 6.42 Å². The van der Waals surface area contributed by atoms with E-state index in [4.69, 9.17) is 0 Å². The van der Waals surface area contributed by atoms with E-state index in [1.54, 1.807) is 18.3 Å². The number of fused-ring (bicyclic) bond motifs is 1. The van der Waals surface area contributed by atoms with Crippen LogP contribution in [0.25, 0.3) is 16.2 Å². The fourth-order valence-electron chi connectivity index (χ4n) is 2.75. The summed E-state index contributed by atoms with van der Waals surface area (Å²) in [5, 5.41) is 16.3. The lowest BCUT2D eigenvalue weighted by atomic mass is 10.1. The highest BCUT2D eigenvalue weighted by atomic mass is 32.1. The summed E-state index contributed by atoms with van der Waals surface area (Å²) >= 11 is 1.52. The fourth-order valence-corrected chi connectivity index (χ4v) is 3.38. The second kappa shape index (κ2) is 6.96. The van der Waals surface area contributed by atoms with Crippen LogP contribution in [0.5, 0.6) is 0 Å². The highest BCUT2D eigenvalue weighted by Gasteiger charge is 2.14. The maximum Gasteiger partial charge on any atom is 0.325 e. The number of amides is 1. The molecule has 27 heavy (non-hydrogen) atoms. The molecule has 0 saturated heterocycles. The van der Waals surface area contributed by atoms with E-state index in [-0.39, 0.29) is 18.0 Å². The summed E-state index contributed by atoms with van der Waals surface area (Å²) in [4.78, 5) is 30.0.